The summed E-state index contributed by atoms with van der Waals surface area (Å²) in [6.45, 7) is 8.70. The predicted octanol–water partition coefficient (Wildman–Crippen LogP) is 3.81. The van der Waals surface area contributed by atoms with Crippen molar-refractivity contribution < 1.29 is 14.6 Å². The van der Waals surface area contributed by atoms with Crippen LogP contribution in [0.3, 0.4) is 0 Å². The van der Waals surface area contributed by atoms with Gasteiger partial charge in [-0.2, -0.15) is 0 Å². The summed E-state index contributed by atoms with van der Waals surface area (Å²) in [6, 6.07) is 5.86. The van der Waals surface area contributed by atoms with E-state index in [1.165, 1.54) is 0 Å². The number of carbonyl (C=O) groups excluding carboxylic acids is 1. The molecule has 0 saturated carbocycles. The molecule has 5 heteroatoms. The Kier molecular flexibility index (Phi) is 5.58. The van der Waals surface area contributed by atoms with Crippen LogP contribution in [0.5, 0.6) is 0 Å². The lowest BCUT2D eigenvalue weighted by atomic mass is 9.95. The summed E-state index contributed by atoms with van der Waals surface area (Å²) in [4.78, 5) is 13.8. The van der Waals surface area contributed by atoms with E-state index in [4.69, 9.17) is 16.3 Å². The van der Waals surface area contributed by atoms with Gasteiger partial charge in [-0.25, -0.2) is 4.79 Å². The molecule has 2 atom stereocenters. The fraction of sp³-hybridized carbons (Fsp3) is 0.611. The van der Waals surface area contributed by atoms with Gasteiger partial charge in [0.25, 0.3) is 0 Å². The number of nitrogens with zero attached hydrogens (tertiary/aromatic N) is 1. The Balaban J connectivity index is 1.92. The maximum atomic E-state index is 12.1. The molecule has 2 rings (SSSR count). The van der Waals surface area contributed by atoms with Crippen LogP contribution >= 0.6 is 11.6 Å². The summed E-state index contributed by atoms with van der Waals surface area (Å²) in [5.74, 6) is 0.0555. The number of benzene rings is 1. The maximum Gasteiger partial charge on any atom is 0.410 e. The van der Waals surface area contributed by atoms with Gasteiger partial charge in [-0.15, -0.1) is 0 Å². The molecule has 0 radical (unpaired) electrons. The highest BCUT2D eigenvalue weighted by Crippen LogP contribution is 2.26. The van der Waals surface area contributed by atoms with Gasteiger partial charge in [0.2, 0.25) is 0 Å². The minimum absolute atomic E-state index is 0.0555. The van der Waals surface area contributed by atoms with E-state index >= 15 is 0 Å². The van der Waals surface area contributed by atoms with Gasteiger partial charge in [0.05, 0.1) is 6.10 Å². The molecule has 0 aromatic heterocycles. The number of halogens is 1. The molecular weight excluding hydrogens is 314 g/mol. The third kappa shape index (κ3) is 5.11. The standard InChI is InChI=1S/C18H26ClNO3/c1-12-5-6-13(15(19)9-12)10-16(21)14-7-8-20(11-14)17(22)23-18(2,3)4/h5-6,9,14,16,21H,7-8,10-11H2,1-4H3. The smallest absolute Gasteiger partial charge is 0.410 e. The van der Waals surface area contributed by atoms with Crippen LogP contribution in [-0.4, -0.2) is 40.9 Å². The summed E-state index contributed by atoms with van der Waals surface area (Å²) in [5.41, 5.74) is 1.55. The van der Waals surface area contributed by atoms with Crippen molar-refractivity contribution in [3.8, 4) is 0 Å². The maximum absolute atomic E-state index is 12.1. The molecule has 1 heterocycles. The van der Waals surface area contributed by atoms with Crippen molar-refractivity contribution in [2.75, 3.05) is 13.1 Å². The lowest BCUT2D eigenvalue weighted by Crippen LogP contribution is -2.36. The fourth-order valence-corrected chi connectivity index (χ4v) is 3.12. The van der Waals surface area contributed by atoms with E-state index in [1.807, 2.05) is 45.9 Å². The SMILES string of the molecule is Cc1ccc(CC(O)C2CCN(C(=O)OC(C)(C)C)C2)c(Cl)c1. The Morgan fingerprint density at radius 2 is 2.17 bits per heavy atom. The number of amides is 1. The highest BCUT2D eigenvalue weighted by Gasteiger charge is 2.33. The highest BCUT2D eigenvalue weighted by atomic mass is 35.5. The number of aliphatic hydroxyl groups is 1. The first kappa shape index (κ1) is 18.1. The van der Waals surface area contributed by atoms with Gasteiger partial charge in [0, 0.05) is 30.5 Å². The molecule has 4 nitrogen and oxygen atoms in total. The highest BCUT2D eigenvalue weighted by molar-refractivity contribution is 6.31. The Morgan fingerprint density at radius 3 is 2.78 bits per heavy atom. The van der Waals surface area contributed by atoms with Crippen LogP contribution in [0.15, 0.2) is 18.2 Å². The minimum atomic E-state index is -0.511. The van der Waals surface area contributed by atoms with Crippen molar-refractivity contribution >= 4 is 17.7 Å². The van der Waals surface area contributed by atoms with Crippen molar-refractivity contribution in [2.24, 2.45) is 5.92 Å². The van der Waals surface area contributed by atoms with Gasteiger partial charge >= 0.3 is 6.09 Å². The minimum Gasteiger partial charge on any atom is -0.444 e. The first-order valence-corrected chi connectivity index (χ1v) is 8.44. The van der Waals surface area contributed by atoms with Crippen LogP contribution in [0, 0.1) is 12.8 Å². The second kappa shape index (κ2) is 7.10. The normalized spacial score (nSPS) is 19.7. The molecule has 1 fully saturated rings. The second-order valence-electron chi connectivity index (χ2n) is 7.34. The molecule has 2 unspecified atom stereocenters. The van der Waals surface area contributed by atoms with E-state index in [9.17, 15) is 9.90 Å². The summed E-state index contributed by atoms with van der Waals surface area (Å²) < 4.78 is 5.38. The first-order valence-electron chi connectivity index (χ1n) is 8.07. The zero-order valence-corrected chi connectivity index (χ0v) is 15.1. The molecule has 1 amide bonds. The molecule has 1 aromatic rings. The summed E-state index contributed by atoms with van der Waals surface area (Å²) in [6.07, 6.45) is 0.471. The average Bonchev–Trinajstić information content (AvgIpc) is 2.90. The number of rotatable bonds is 3. The van der Waals surface area contributed by atoms with Crippen LogP contribution in [0.25, 0.3) is 0 Å². The Bertz CT molecular complexity index is 568. The van der Waals surface area contributed by atoms with Crippen LogP contribution in [0.2, 0.25) is 5.02 Å². The third-order valence-corrected chi connectivity index (χ3v) is 4.41. The molecule has 0 spiro atoms. The third-order valence-electron chi connectivity index (χ3n) is 4.06. The van der Waals surface area contributed by atoms with Gasteiger partial charge in [-0.3, -0.25) is 0 Å². The van der Waals surface area contributed by atoms with Crippen molar-refractivity contribution in [1.29, 1.82) is 0 Å². The number of hydrogen-bond acceptors (Lipinski definition) is 3. The van der Waals surface area contributed by atoms with E-state index in [2.05, 4.69) is 0 Å². The predicted molar refractivity (Wildman–Crippen MR) is 91.8 cm³/mol. The number of hydrogen-bond donors (Lipinski definition) is 1. The number of ether oxygens (including phenoxy) is 1. The zero-order valence-electron chi connectivity index (χ0n) is 14.3. The average molecular weight is 340 g/mol. The molecule has 1 saturated heterocycles. The van der Waals surface area contributed by atoms with E-state index in [0.29, 0.717) is 24.5 Å². The summed E-state index contributed by atoms with van der Waals surface area (Å²) in [5, 5.41) is 11.2. The Morgan fingerprint density at radius 1 is 1.48 bits per heavy atom. The van der Waals surface area contributed by atoms with Gasteiger partial charge in [-0.05, 0) is 51.3 Å². The molecule has 23 heavy (non-hydrogen) atoms. The van der Waals surface area contributed by atoms with Gasteiger partial charge < -0.3 is 14.7 Å². The van der Waals surface area contributed by atoms with Crippen LogP contribution in [0.1, 0.15) is 38.3 Å². The molecule has 1 aromatic carbocycles. The topological polar surface area (TPSA) is 49.8 Å². The lowest BCUT2D eigenvalue weighted by molar-refractivity contribution is 0.0269. The molecule has 1 N–H and O–H groups in total. The van der Waals surface area contributed by atoms with Gasteiger partial charge in [-0.1, -0.05) is 23.7 Å². The second-order valence-corrected chi connectivity index (χ2v) is 7.75. The van der Waals surface area contributed by atoms with Crippen molar-refractivity contribution in [3.63, 3.8) is 0 Å². The van der Waals surface area contributed by atoms with Gasteiger partial charge in [0.15, 0.2) is 0 Å². The molecule has 0 aliphatic carbocycles. The first-order chi connectivity index (χ1) is 10.7. The van der Waals surface area contributed by atoms with Crippen molar-refractivity contribution in [1.82, 2.24) is 4.90 Å². The fourth-order valence-electron chi connectivity index (χ4n) is 2.80. The Labute approximate surface area is 143 Å². The lowest BCUT2D eigenvalue weighted by Gasteiger charge is -2.25. The monoisotopic (exact) mass is 339 g/mol. The molecule has 1 aliphatic rings. The molecular formula is C18H26ClNO3. The largest absolute Gasteiger partial charge is 0.444 e. The number of likely N-dealkylation sites (tertiary alicyclic amines) is 1. The van der Waals surface area contributed by atoms with Crippen molar-refractivity contribution in [3.05, 3.63) is 34.3 Å². The zero-order chi connectivity index (χ0) is 17.2. The molecule has 0 bridgehead atoms. The van der Waals surface area contributed by atoms with E-state index < -0.39 is 11.7 Å². The Hall–Kier alpha value is -1.26. The van der Waals surface area contributed by atoms with E-state index in [-0.39, 0.29) is 12.0 Å². The number of carbonyl (C=O) groups is 1. The quantitative estimate of drug-likeness (QED) is 0.911. The summed E-state index contributed by atoms with van der Waals surface area (Å²) in [7, 11) is 0. The van der Waals surface area contributed by atoms with Crippen LogP contribution < -0.4 is 0 Å². The number of aliphatic hydroxyl groups excluding tert-OH is 1. The number of aryl methyl sites for hydroxylation is 1. The van der Waals surface area contributed by atoms with Crippen LogP contribution in [-0.2, 0) is 11.2 Å². The van der Waals surface area contributed by atoms with Gasteiger partial charge in [0.1, 0.15) is 5.60 Å². The summed E-state index contributed by atoms with van der Waals surface area (Å²) >= 11 is 6.24. The van der Waals surface area contributed by atoms with Crippen LogP contribution in [0.4, 0.5) is 4.79 Å². The van der Waals surface area contributed by atoms with E-state index in [0.717, 1.165) is 17.5 Å². The van der Waals surface area contributed by atoms with Crippen molar-refractivity contribution in [2.45, 2.75) is 52.2 Å². The molecule has 128 valence electrons. The van der Waals surface area contributed by atoms with E-state index in [1.54, 1.807) is 4.90 Å². The molecule has 1 aliphatic heterocycles.